The van der Waals surface area contributed by atoms with Gasteiger partial charge in [-0.3, -0.25) is 0 Å². The van der Waals surface area contributed by atoms with Crippen LogP contribution in [0.5, 0.6) is 0 Å². The maximum Gasteiger partial charge on any atom is 0.146 e. The van der Waals surface area contributed by atoms with Crippen molar-refractivity contribution in [1.29, 1.82) is 0 Å². The molecule has 0 unspecified atom stereocenters. The van der Waals surface area contributed by atoms with Crippen LogP contribution < -0.4 is 5.32 Å². The van der Waals surface area contributed by atoms with Crippen LogP contribution in [0.4, 0.5) is 4.39 Å². The molecule has 1 aromatic carbocycles. The van der Waals surface area contributed by atoms with Gasteiger partial charge in [0.1, 0.15) is 11.6 Å². The predicted octanol–water partition coefficient (Wildman–Crippen LogP) is 3.07. The number of benzene rings is 1. The molecule has 0 radical (unpaired) electrons. The fourth-order valence-electron chi connectivity index (χ4n) is 1.51. The second-order valence-electron chi connectivity index (χ2n) is 3.75. The van der Waals surface area contributed by atoms with E-state index in [0.717, 1.165) is 11.5 Å². The van der Waals surface area contributed by atoms with Crippen LogP contribution in [-0.2, 0) is 13.1 Å². The molecular formula is C12H12ClFN2O. The van der Waals surface area contributed by atoms with Crippen molar-refractivity contribution in [3.05, 3.63) is 52.1 Å². The van der Waals surface area contributed by atoms with Crippen LogP contribution in [0.25, 0.3) is 0 Å². The van der Waals surface area contributed by atoms with E-state index in [1.807, 2.05) is 13.0 Å². The van der Waals surface area contributed by atoms with Gasteiger partial charge in [0.25, 0.3) is 0 Å². The fraction of sp³-hybridized carbons (Fsp3) is 0.250. The number of halogens is 2. The molecule has 3 nitrogen and oxygen atoms in total. The van der Waals surface area contributed by atoms with E-state index in [0.29, 0.717) is 18.7 Å². The summed E-state index contributed by atoms with van der Waals surface area (Å²) >= 11 is 5.68. The Morgan fingerprint density at radius 3 is 2.94 bits per heavy atom. The molecule has 1 N–H and O–H groups in total. The highest BCUT2D eigenvalue weighted by Gasteiger charge is 2.06. The Morgan fingerprint density at radius 1 is 1.41 bits per heavy atom. The van der Waals surface area contributed by atoms with E-state index in [9.17, 15) is 4.39 Å². The van der Waals surface area contributed by atoms with Crippen molar-refractivity contribution in [2.24, 2.45) is 0 Å². The van der Waals surface area contributed by atoms with E-state index in [1.165, 1.54) is 6.07 Å². The number of aryl methyl sites for hydroxylation is 1. The number of rotatable bonds is 4. The molecular weight excluding hydrogens is 243 g/mol. The molecule has 0 bridgehead atoms. The summed E-state index contributed by atoms with van der Waals surface area (Å²) in [5.74, 6) is 0.383. The first-order chi connectivity index (χ1) is 8.16. The highest BCUT2D eigenvalue weighted by atomic mass is 35.5. The van der Waals surface area contributed by atoms with Gasteiger partial charge in [0.05, 0.1) is 10.7 Å². The maximum atomic E-state index is 13.5. The van der Waals surface area contributed by atoms with Crippen LogP contribution in [0.2, 0.25) is 5.02 Å². The molecule has 0 fully saturated rings. The average Bonchev–Trinajstić information content (AvgIpc) is 2.70. The van der Waals surface area contributed by atoms with Crippen molar-refractivity contribution in [3.63, 3.8) is 0 Å². The molecule has 0 aliphatic heterocycles. The van der Waals surface area contributed by atoms with E-state index >= 15 is 0 Å². The lowest BCUT2D eigenvalue weighted by molar-refractivity contribution is 0.388. The molecule has 2 aromatic rings. The summed E-state index contributed by atoms with van der Waals surface area (Å²) in [5.41, 5.74) is 1.34. The van der Waals surface area contributed by atoms with E-state index in [4.69, 9.17) is 16.1 Å². The van der Waals surface area contributed by atoms with Gasteiger partial charge in [-0.15, -0.1) is 0 Å². The number of nitrogens with one attached hydrogen (secondary N) is 1. The molecule has 0 saturated carbocycles. The Bertz CT molecular complexity index is 513. The zero-order valence-electron chi connectivity index (χ0n) is 9.34. The second-order valence-corrected chi connectivity index (χ2v) is 4.15. The molecule has 0 atom stereocenters. The van der Waals surface area contributed by atoms with Crippen LogP contribution in [-0.4, -0.2) is 5.16 Å². The van der Waals surface area contributed by atoms with Crippen molar-refractivity contribution in [2.75, 3.05) is 0 Å². The van der Waals surface area contributed by atoms with Gasteiger partial charge in [-0.05, 0) is 13.0 Å². The zero-order valence-corrected chi connectivity index (χ0v) is 10.1. The van der Waals surface area contributed by atoms with Crippen LogP contribution in [0.1, 0.15) is 17.0 Å². The van der Waals surface area contributed by atoms with Crippen molar-refractivity contribution in [1.82, 2.24) is 10.5 Å². The first kappa shape index (κ1) is 12.1. The van der Waals surface area contributed by atoms with Gasteiger partial charge < -0.3 is 9.84 Å². The van der Waals surface area contributed by atoms with Gasteiger partial charge in [0, 0.05) is 24.7 Å². The third-order valence-electron chi connectivity index (χ3n) is 2.33. The summed E-state index contributed by atoms with van der Waals surface area (Å²) in [6.45, 7) is 2.76. The Morgan fingerprint density at radius 2 is 2.24 bits per heavy atom. The monoisotopic (exact) mass is 254 g/mol. The summed E-state index contributed by atoms with van der Waals surface area (Å²) in [6.07, 6.45) is 0. The molecule has 90 valence electrons. The lowest BCUT2D eigenvalue weighted by Crippen LogP contribution is -2.14. The summed E-state index contributed by atoms with van der Waals surface area (Å²) in [7, 11) is 0. The Labute approximate surface area is 104 Å². The normalized spacial score (nSPS) is 10.8. The molecule has 2 rings (SSSR count). The van der Waals surface area contributed by atoms with Crippen molar-refractivity contribution in [3.8, 4) is 0 Å². The predicted molar refractivity (Wildman–Crippen MR) is 63.2 cm³/mol. The van der Waals surface area contributed by atoms with E-state index in [1.54, 1.807) is 12.1 Å². The lowest BCUT2D eigenvalue weighted by atomic mass is 10.2. The topological polar surface area (TPSA) is 38.1 Å². The maximum absolute atomic E-state index is 13.5. The molecule has 0 saturated heterocycles. The molecule has 5 heteroatoms. The molecule has 0 amide bonds. The quantitative estimate of drug-likeness (QED) is 0.911. The minimum Gasteiger partial charge on any atom is -0.361 e. The lowest BCUT2D eigenvalue weighted by Gasteiger charge is -2.05. The molecule has 1 aromatic heterocycles. The number of aromatic nitrogens is 1. The van der Waals surface area contributed by atoms with Crippen molar-refractivity contribution in [2.45, 2.75) is 20.0 Å². The van der Waals surface area contributed by atoms with Gasteiger partial charge in [0.15, 0.2) is 0 Å². The molecule has 0 aliphatic rings. The third kappa shape index (κ3) is 3.05. The number of hydrogen-bond donors (Lipinski definition) is 1. The van der Waals surface area contributed by atoms with Gasteiger partial charge in [-0.2, -0.15) is 0 Å². The van der Waals surface area contributed by atoms with E-state index in [-0.39, 0.29) is 10.8 Å². The first-order valence-electron chi connectivity index (χ1n) is 5.22. The SMILES string of the molecule is Cc1cc(CNCc2cccc(Cl)c2F)no1. The van der Waals surface area contributed by atoms with Gasteiger partial charge in [0.2, 0.25) is 0 Å². The zero-order chi connectivity index (χ0) is 12.3. The highest BCUT2D eigenvalue weighted by Crippen LogP contribution is 2.17. The highest BCUT2D eigenvalue weighted by molar-refractivity contribution is 6.30. The molecule has 0 spiro atoms. The molecule has 1 heterocycles. The average molecular weight is 255 g/mol. The summed E-state index contributed by atoms with van der Waals surface area (Å²) in [4.78, 5) is 0. The van der Waals surface area contributed by atoms with Gasteiger partial charge >= 0.3 is 0 Å². The second kappa shape index (κ2) is 5.29. The van der Waals surface area contributed by atoms with Crippen molar-refractivity contribution >= 4 is 11.6 Å². The Balaban J connectivity index is 1.92. The van der Waals surface area contributed by atoms with Crippen LogP contribution >= 0.6 is 11.6 Å². The number of nitrogens with zero attached hydrogens (tertiary/aromatic N) is 1. The first-order valence-corrected chi connectivity index (χ1v) is 5.60. The van der Waals surface area contributed by atoms with E-state index in [2.05, 4.69) is 10.5 Å². The standard InChI is InChI=1S/C12H12ClFN2O/c1-8-5-10(16-17-8)7-15-6-9-3-2-4-11(13)12(9)14/h2-5,15H,6-7H2,1H3. The fourth-order valence-corrected chi connectivity index (χ4v) is 1.71. The summed E-state index contributed by atoms with van der Waals surface area (Å²) in [5, 5.41) is 7.05. The third-order valence-corrected chi connectivity index (χ3v) is 2.62. The van der Waals surface area contributed by atoms with Crippen molar-refractivity contribution < 1.29 is 8.91 Å². The molecule has 17 heavy (non-hydrogen) atoms. The van der Waals surface area contributed by atoms with Crippen LogP contribution in [0.3, 0.4) is 0 Å². The Hall–Kier alpha value is -1.39. The minimum absolute atomic E-state index is 0.140. The van der Waals surface area contributed by atoms with Gasteiger partial charge in [-0.25, -0.2) is 4.39 Å². The smallest absolute Gasteiger partial charge is 0.146 e. The minimum atomic E-state index is -0.377. The number of hydrogen-bond acceptors (Lipinski definition) is 3. The molecule has 0 aliphatic carbocycles. The van der Waals surface area contributed by atoms with E-state index < -0.39 is 0 Å². The van der Waals surface area contributed by atoms with Crippen LogP contribution in [0, 0.1) is 12.7 Å². The van der Waals surface area contributed by atoms with Gasteiger partial charge in [-0.1, -0.05) is 28.9 Å². The summed E-state index contributed by atoms with van der Waals surface area (Å²) in [6, 6.07) is 6.79. The Kier molecular flexibility index (Phi) is 3.76. The largest absolute Gasteiger partial charge is 0.361 e. The van der Waals surface area contributed by atoms with Crippen LogP contribution in [0.15, 0.2) is 28.8 Å². The summed E-state index contributed by atoms with van der Waals surface area (Å²) < 4.78 is 18.5.